The zero-order valence-corrected chi connectivity index (χ0v) is 7.40. The highest BCUT2D eigenvalue weighted by molar-refractivity contribution is 4.73. The second-order valence-corrected chi connectivity index (χ2v) is 3.81. The van der Waals surface area contributed by atoms with Gasteiger partial charge in [0.15, 0.2) is 0 Å². The molecule has 2 atom stereocenters. The van der Waals surface area contributed by atoms with E-state index >= 15 is 0 Å². The lowest BCUT2D eigenvalue weighted by Gasteiger charge is -2.13. The van der Waals surface area contributed by atoms with E-state index in [1.807, 2.05) is 0 Å². The third-order valence-corrected chi connectivity index (χ3v) is 2.97. The van der Waals surface area contributed by atoms with Gasteiger partial charge in [0.1, 0.15) is 0 Å². The summed E-state index contributed by atoms with van der Waals surface area (Å²) in [5.74, 6) is 2.12. The number of rotatable bonds is 3. The lowest BCUT2D eigenvalue weighted by atomic mass is 9.93. The lowest BCUT2D eigenvalue weighted by molar-refractivity contribution is 0.380. The molecule has 0 aromatic rings. The molecule has 0 aromatic carbocycles. The van der Waals surface area contributed by atoms with Gasteiger partial charge in [-0.2, -0.15) is 0 Å². The van der Waals surface area contributed by atoms with Crippen molar-refractivity contribution in [2.45, 2.75) is 52.4 Å². The first kappa shape index (κ1) is 8.10. The maximum Gasteiger partial charge on any atom is -0.0388 e. The summed E-state index contributed by atoms with van der Waals surface area (Å²) < 4.78 is 0. The minimum Gasteiger partial charge on any atom is -0.0654 e. The highest BCUT2D eigenvalue weighted by Gasteiger charge is 2.21. The molecule has 1 unspecified atom stereocenters. The van der Waals surface area contributed by atoms with Crippen LogP contribution in [-0.2, 0) is 0 Å². The Kier molecular flexibility index (Phi) is 3.24. The molecule has 1 saturated carbocycles. The highest BCUT2D eigenvalue weighted by atomic mass is 14.3. The largest absolute Gasteiger partial charge is 0.0654 e. The summed E-state index contributed by atoms with van der Waals surface area (Å²) in [6.07, 6.45) is 8.83. The third kappa shape index (κ3) is 2.00. The van der Waals surface area contributed by atoms with Gasteiger partial charge in [0.05, 0.1) is 0 Å². The molecule has 0 aliphatic heterocycles. The summed E-state index contributed by atoms with van der Waals surface area (Å²) in [5, 5.41) is 0. The van der Waals surface area contributed by atoms with Crippen LogP contribution in [0.3, 0.4) is 0 Å². The van der Waals surface area contributed by atoms with Crippen LogP contribution in [0.15, 0.2) is 0 Å². The predicted octanol–water partition coefficient (Wildman–Crippen LogP) is 3.61. The van der Waals surface area contributed by atoms with Gasteiger partial charge in [0, 0.05) is 0 Å². The standard InChI is InChI=1S/C10H20/c1-3-4-7-10-8-5-6-9(10)2/h9-10H,3-8H2,1-2H3/t9?,10-/m0/s1. The molecule has 0 spiro atoms. The first-order valence-electron chi connectivity index (χ1n) is 4.84. The van der Waals surface area contributed by atoms with Gasteiger partial charge in [0.25, 0.3) is 0 Å². The van der Waals surface area contributed by atoms with Crippen molar-refractivity contribution in [3.05, 3.63) is 0 Å². The van der Waals surface area contributed by atoms with Crippen LogP contribution in [0, 0.1) is 11.8 Å². The van der Waals surface area contributed by atoms with E-state index < -0.39 is 0 Å². The number of hydrogen-bond acceptors (Lipinski definition) is 0. The lowest BCUT2D eigenvalue weighted by Crippen LogP contribution is -2.02. The Morgan fingerprint density at radius 3 is 2.60 bits per heavy atom. The van der Waals surface area contributed by atoms with E-state index in [-0.39, 0.29) is 0 Å². The fourth-order valence-electron chi connectivity index (χ4n) is 2.12. The van der Waals surface area contributed by atoms with Gasteiger partial charge in [-0.1, -0.05) is 52.4 Å². The van der Waals surface area contributed by atoms with Gasteiger partial charge in [-0.15, -0.1) is 0 Å². The SMILES string of the molecule is CCCC[C@H]1CCCC1C. The van der Waals surface area contributed by atoms with Gasteiger partial charge in [0.2, 0.25) is 0 Å². The van der Waals surface area contributed by atoms with Crippen LogP contribution in [0.4, 0.5) is 0 Å². The highest BCUT2D eigenvalue weighted by Crippen LogP contribution is 2.34. The molecular weight excluding hydrogens is 120 g/mol. The van der Waals surface area contributed by atoms with Crippen LogP contribution in [0.25, 0.3) is 0 Å². The van der Waals surface area contributed by atoms with Crippen molar-refractivity contribution in [2.75, 3.05) is 0 Å². The normalized spacial score (nSPS) is 33.0. The molecule has 0 nitrogen and oxygen atoms in total. The Balaban J connectivity index is 2.14. The van der Waals surface area contributed by atoms with Crippen molar-refractivity contribution in [1.29, 1.82) is 0 Å². The van der Waals surface area contributed by atoms with E-state index in [0.29, 0.717) is 0 Å². The monoisotopic (exact) mass is 140 g/mol. The summed E-state index contributed by atoms with van der Waals surface area (Å²) >= 11 is 0. The zero-order valence-electron chi connectivity index (χ0n) is 7.40. The second-order valence-electron chi connectivity index (χ2n) is 3.81. The molecular formula is C10H20. The molecule has 1 aliphatic rings. The molecule has 0 aromatic heterocycles. The molecule has 1 rings (SSSR count). The first-order chi connectivity index (χ1) is 4.84. The fourth-order valence-corrected chi connectivity index (χ4v) is 2.12. The van der Waals surface area contributed by atoms with Gasteiger partial charge in [-0.3, -0.25) is 0 Å². The minimum atomic E-state index is 1.03. The van der Waals surface area contributed by atoms with Crippen molar-refractivity contribution < 1.29 is 0 Å². The summed E-state index contributed by atoms with van der Waals surface area (Å²) in [4.78, 5) is 0. The number of unbranched alkanes of at least 4 members (excludes halogenated alkanes) is 1. The Hall–Kier alpha value is 0. The van der Waals surface area contributed by atoms with E-state index in [4.69, 9.17) is 0 Å². The molecule has 1 fully saturated rings. The molecule has 0 saturated heterocycles. The topological polar surface area (TPSA) is 0 Å². The van der Waals surface area contributed by atoms with E-state index in [1.54, 1.807) is 0 Å². The first-order valence-corrected chi connectivity index (χ1v) is 4.84. The van der Waals surface area contributed by atoms with Crippen molar-refractivity contribution in [2.24, 2.45) is 11.8 Å². The van der Waals surface area contributed by atoms with Crippen molar-refractivity contribution in [3.63, 3.8) is 0 Å². The van der Waals surface area contributed by atoms with Crippen LogP contribution in [-0.4, -0.2) is 0 Å². The Morgan fingerprint density at radius 2 is 2.10 bits per heavy atom. The molecule has 1 aliphatic carbocycles. The van der Waals surface area contributed by atoms with E-state index in [0.717, 1.165) is 11.8 Å². The fraction of sp³-hybridized carbons (Fsp3) is 1.00. The van der Waals surface area contributed by atoms with E-state index in [2.05, 4.69) is 13.8 Å². The van der Waals surface area contributed by atoms with Crippen LogP contribution >= 0.6 is 0 Å². The average Bonchev–Trinajstić information content (AvgIpc) is 2.31. The molecule has 10 heavy (non-hydrogen) atoms. The smallest absolute Gasteiger partial charge is 0.0388 e. The molecule has 0 radical (unpaired) electrons. The second kappa shape index (κ2) is 4.00. The maximum absolute atomic E-state index is 2.42. The summed E-state index contributed by atoms with van der Waals surface area (Å²) in [6.45, 7) is 4.72. The molecule has 60 valence electrons. The summed E-state index contributed by atoms with van der Waals surface area (Å²) in [6, 6.07) is 0. The van der Waals surface area contributed by atoms with Crippen molar-refractivity contribution in [1.82, 2.24) is 0 Å². The number of hydrogen-bond donors (Lipinski definition) is 0. The van der Waals surface area contributed by atoms with Gasteiger partial charge < -0.3 is 0 Å². The average molecular weight is 140 g/mol. The summed E-state index contributed by atoms with van der Waals surface area (Å²) in [7, 11) is 0. The molecule has 0 N–H and O–H groups in total. The predicted molar refractivity (Wildman–Crippen MR) is 46.0 cm³/mol. The van der Waals surface area contributed by atoms with Crippen molar-refractivity contribution >= 4 is 0 Å². The Bertz CT molecular complexity index is 86.0. The van der Waals surface area contributed by atoms with Crippen LogP contribution in [0.2, 0.25) is 0 Å². The van der Waals surface area contributed by atoms with Gasteiger partial charge in [-0.25, -0.2) is 0 Å². The third-order valence-electron chi connectivity index (χ3n) is 2.97. The molecule has 0 heterocycles. The molecule has 0 bridgehead atoms. The molecule has 0 heteroatoms. The van der Waals surface area contributed by atoms with Crippen molar-refractivity contribution in [3.8, 4) is 0 Å². The maximum atomic E-state index is 2.42. The molecule has 0 amide bonds. The quantitative estimate of drug-likeness (QED) is 0.561. The van der Waals surface area contributed by atoms with Crippen LogP contribution < -0.4 is 0 Å². The Morgan fingerprint density at radius 1 is 1.30 bits per heavy atom. The van der Waals surface area contributed by atoms with Crippen LogP contribution in [0.5, 0.6) is 0 Å². The van der Waals surface area contributed by atoms with Crippen LogP contribution in [0.1, 0.15) is 52.4 Å². The van der Waals surface area contributed by atoms with Gasteiger partial charge >= 0.3 is 0 Å². The minimum absolute atomic E-state index is 1.03. The van der Waals surface area contributed by atoms with E-state index in [1.165, 1.54) is 38.5 Å². The Labute approximate surface area is 65.0 Å². The summed E-state index contributed by atoms with van der Waals surface area (Å²) in [5.41, 5.74) is 0. The zero-order chi connectivity index (χ0) is 7.40. The van der Waals surface area contributed by atoms with Gasteiger partial charge in [-0.05, 0) is 11.8 Å². The van der Waals surface area contributed by atoms with E-state index in [9.17, 15) is 0 Å².